The maximum absolute atomic E-state index is 6.41. The maximum atomic E-state index is 6.41. The summed E-state index contributed by atoms with van der Waals surface area (Å²) >= 11 is 12.8. The van der Waals surface area contributed by atoms with Crippen molar-refractivity contribution in [3.8, 4) is 16.9 Å². The average molecular weight is 523 g/mol. The lowest BCUT2D eigenvalue weighted by atomic mass is 10.0. The van der Waals surface area contributed by atoms with Crippen LogP contribution in [0.2, 0.25) is 10.0 Å². The van der Waals surface area contributed by atoms with Gasteiger partial charge in [0.2, 0.25) is 5.95 Å². The molecule has 7 nitrogen and oxygen atoms in total. The summed E-state index contributed by atoms with van der Waals surface area (Å²) in [5.41, 5.74) is 4.89. The molecule has 1 aliphatic heterocycles. The molecule has 186 valence electrons. The Morgan fingerprint density at radius 3 is 2.47 bits per heavy atom. The number of fused-ring (bicyclic) bond motifs is 1. The second kappa shape index (κ2) is 11.0. The van der Waals surface area contributed by atoms with E-state index in [1.807, 2.05) is 61.5 Å². The molecular formula is C27H28Cl2N6O. The number of halogens is 2. The molecule has 0 spiro atoms. The Morgan fingerprint density at radius 1 is 0.944 bits per heavy atom. The van der Waals surface area contributed by atoms with Crippen LogP contribution in [0.25, 0.3) is 22.2 Å². The number of benzene rings is 3. The summed E-state index contributed by atoms with van der Waals surface area (Å²) in [5, 5.41) is 13.1. The van der Waals surface area contributed by atoms with Crippen molar-refractivity contribution in [1.82, 2.24) is 25.0 Å². The highest BCUT2D eigenvalue weighted by atomic mass is 35.5. The molecule has 0 aliphatic carbocycles. The predicted molar refractivity (Wildman–Crippen MR) is 147 cm³/mol. The van der Waals surface area contributed by atoms with Gasteiger partial charge in [-0.1, -0.05) is 35.3 Å². The number of anilines is 2. The largest absolute Gasteiger partial charge is 0.492 e. The normalized spacial score (nSPS) is 14.8. The number of aryl methyl sites for hydroxylation is 1. The van der Waals surface area contributed by atoms with Gasteiger partial charge in [-0.2, -0.15) is 0 Å². The van der Waals surface area contributed by atoms with Gasteiger partial charge in [0.25, 0.3) is 0 Å². The van der Waals surface area contributed by atoms with Gasteiger partial charge >= 0.3 is 0 Å². The van der Waals surface area contributed by atoms with Crippen molar-refractivity contribution in [1.29, 1.82) is 0 Å². The van der Waals surface area contributed by atoms with Gasteiger partial charge in [-0.05, 0) is 61.5 Å². The third kappa shape index (κ3) is 5.71. The molecule has 0 amide bonds. The smallest absolute Gasteiger partial charge is 0.247 e. The molecule has 0 atom stereocenters. The fourth-order valence-electron chi connectivity index (χ4n) is 4.34. The quantitative estimate of drug-likeness (QED) is 0.335. The number of nitrogens with one attached hydrogen (secondary N) is 1. The summed E-state index contributed by atoms with van der Waals surface area (Å²) < 4.78 is 6.00. The van der Waals surface area contributed by atoms with E-state index in [4.69, 9.17) is 32.9 Å². The second-order valence-electron chi connectivity index (χ2n) is 9.04. The third-order valence-corrected chi connectivity index (χ3v) is 6.99. The van der Waals surface area contributed by atoms with Crippen LogP contribution >= 0.6 is 23.2 Å². The second-order valence-corrected chi connectivity index (χ2v) is 9.85. The van der Waals surface area contributed by atoms with Gasteiger partial charge in [-0.15, -0.1) is 10.2 Å². The Bertz CT molecular complexity index is 1350. The van der Waals surface area contributed by atoms with E-state index >= 15 is 0 Å². The Labute approximate surface area is 221 Å². The average Bonchev–Trinajstić information content (AvgIpc) is 2.86. The topological polar surface area (TPSA) is 66.4 Å². The first kappa shape index (κ1) is 24.7. The van der Waals surface area contributed by atoms with Crippen molar-refractivity contribution in [3.63, 3.8) is 0 Å². The summed E-state index contributed by atoms with van der Waals surface area (Å²) in [6.07, 6.45) is 0. The molecule has 0 saturated carbocycles. The number of rotatable bonds is 7. The van der Waals surface area contributed by atoms with E-state index in [0.29, 0.717) is 28.1 Å². The minimum Gasteiger partial charge on any atom is -0.492 e. The molecular weight excluding hydrogens is 495 g/mol. The van der Waals surface area contributed by atoms with Gasteiger partial charge in [0.05, 0.1) is 5.52 Å². The molecule has 1 saturated heterocycles. The number of piperazine rings is 1. The first-order valence-electron chi connectivity index (χ1n) is 12.0. The number of likely N-dealkylation sites (N-methyl/N-ethyl adjacent to an activating group) is 1. The lowest BCUT2D eigenvalue weighted by molar-refractivity contribution is 0.134. The Kier molecular flexibility index (Phi) is 7.53. The number of hydrogen-bond acceptors (Lipinski definition) is 7. The zero-order chi connectivity index (χ0) is 25.1. The minimum absolute atomic E-state index is 0.420. The lowest BCUT2D eigenvalue weighted by Crippen LogP contribution is -2.45. The van der Waals surface area contributed by atoms with Gasteiger partial charge in [-0.3, -0.25) is 4.90 Å². The van der Waals surface area contributed by atoms with E-state index in [9.17, 15) is 0 Å². The van der Waals surface area contributed by atoms with Crippen LogP contribution < -0.4 is 10.1 Å². The predicted octanol–water partition coefficient (Wildman–Crippen LogP) is 5.68. The van der Waals surface area contributed by atoms with Gasteiger partial charge in [-0.25, -0.2) is 4.98 Å². The number of ether oxygens (including phenoxy) is 1. The van der Waals surface area contributed by atoms with Crippen molar-refractivity contribution in [2.45, 2.75) is 6.92 Å². The fourth-order valence-corrected chi connectivity index (χ4v) is 4.96. The molecule has 9 heteroatoms. The summed E-state index contributed by atoms with van der Waals surface area (Å²) in [5.74, 6) is 1.23. The maximum Gasteiger partial charge on any atom is 0.247 e. The number of hydrogen-bond donors (Lipinski definition) is 1. The Morgan fingerprint density at radius 2 is 1.69 bits per heavy atom. The van der Waals surface area contributed by atoms with E-state index in [2.05, 4.69) is 32.4 Å². The number of nitrogens with zero attached hydrogens (tertiary/aromatic N) is 5. The van der Waals surface area contributed by atoms with Crippen LogP contribution in [0.3, 0.4) is 0 Å². The van der Waals surface area contributed by atoms with E-state index in [1.165, 1.54) is 0 Å². The Balaban J connectivity index is 1.28. The van der Waals surface area contributed by atoms with E-state index in [0.717, 1.165) is 66.4 Å². The fraction of sp³-hybridized carbons (Fsp3) is 0.296. The highest BCUT2D eigenvalue weighted by molar-refractivity contribution is 6.39. The summed E-state index contributed by atoms with van der Waals surface area (Å²) in [6.45, 7) is 7.94. The zero-order valence-corrected chi connectivity index (χ0v) is 21.9. The molecule has 3 aromatic carbocycles. The molecule has 1 N–H and O–H groups in total. The van der Waals surface area contributed by atoms with E-state index in [1.54, 1.807) is 0 Å². The molecule has 4 aromatic rings. The molecule has 0 bridgehead atoms. The standard InChI is InChI=1S/C27H28Cl2N6O/c1-18-15-19(25-22(28)7-4-8-23(25)29)16-24-26(18)31-27(33-32-24)30-20-5-3-6-21(17-20)36-14-13-35-11-9-34(2)10-12-35/h3-8,15-17H,9-14H2,1-2H3,(H,30,31,33). The SMILES string of the molecule is Cc1cc(-c2c(Cl)cccc2Cl)cc2nnc(Nc3cccc(OCCN4CCN(C)CC4)c3)nc12. The lowest BCUT2D eigenvalue weighted by Gasteiger charge is -2.32. The van der Waals surface area contributed by atoms with Gasteiger partial charge in [0.1, 0.15) is 17.9 Å². The van der Waals surface area contributed by atoms with Gasteiger partial charge < -0.3 is 15.0 Å². The molecule has 1 fully saturated rings. The van der Waals surface area contributed by atoms with Crippen LogP contribution in [0.15, 0.2) is 54.6 Å². The first-order chi connectivity index (χ1) is 17.5. The van der Waals surface area contributed by atoms with Crippen LogP contribution in [-0.2, 0) is 0 Å². The van der Waals surface area contributed by atoms with Crippen molar-refractivity contribution in [3.05, 3.63) is 70.2 Å². The van der Waals surface area contributed by atoms with Crippen molar-refractivity contribution in [2.24, 2.45) is 0 Å². The van der Waals surface area contributed by atoms with Gasteiger partial charge in [0, 0.05) is 60.1 Å². The Hall–Kier alpha value is -2.97. The number of aromatic nitrogens is 3. The monoisotopic (exact) mass is 522 g/mol. The van der Waals surface area contributed by atoms with E-state index in [-0.39, 0.29) is 0 Å². The highest BCUT2D eigenvalue weighted by Gasteiger charge is 2.14. The molecule has 36 heavy (non-hydrogen) atoms. The van der Waals surface area contributed by atoms with Crippen LogP contribution in [0.5, 0.6) is 5.75 Å². The van der Waals surface area contributed by atoms with Crippen LogP contribution in [0.1, 0.15) is 5.56 Å². The minimum atomic E-state index is 0.420. The van der Waals surface area contributed by atoms with Crippen molar-refractivity contribution < 1.29 is 4.74 Å². The molecule has 0 radical (unpaired) electrons. The molecule has 5 rings (SSSR count). The molecule has 0 unspecified atom stereocenters. The van der Waals surface area contributed by atoms with Crippen molar-refractivity contribution >= 4 is 45.9 Å². The summed E-state index contributed by atoms with van der Waals surface area (Å²) in [7, 11) is 2.16. The summed E-state index contributed by atoms with van der Waals surface area (Å²) in [6, 6.07) is 17.2. The first-order valence-corrected chi connectivity index (χ1v) is 12.7. The van der Waals surface area contributed by atoms with Crippen LogP contribution in [0, 0.1) is 6.92 Å². The van der Waals surface area contributed by atoms with Crippen LogP contribution in [0.4, 0.5) is 11.6 Å². The summed E-state index contributed by atoms with van der Waals surface area (Å²) in [4.78, 5) is 9.49. The highest BCUT2D eigenvalue weighted by Crippen LogP contribution is 2.36. The van der Waals surface area contributed by atoms with Crippen molar-refractivity contribution in [2.75, 3.05) is 51.7 Å². The van der Waals surface area contributed by atoms with E-state index < -0.39 is 0 Å². The molecule has 1 aromatic heterocycles. The molecule has 1 aliphatic rings. The van der Waals surface area contributed by atoms with Crippen LogP contribution in [-0.4, -0.2) is 71.4 Å². The zero-order valence-electron chi connectivity index (χ0n) is 20.3. The molecule has 2 heterocycles. The third-order valence-electron chi connectivity index (χ3n) is 6.36. The van der Waals surface area contributed by atoms with Gasteiger partial charge in [0.15, 0.2) is 0 Å².